The van der Waals surface area contributed by atoms with Gasteiger partial charge in [0.05, 0.1) is 7.11 Å². The van der Waals surface area contributed by atoms with E-state index < -0.39 is 23.4 Å². The van der Waals surface area contributed by atoms with Crippen molar-refractivity contribution in [2.24, 2.45) is 5.92 Å². The van der Waals surface area contributed by atoms with Crippen LogP contribution in [-0.4, -0.2) is 24.6 Å². The quantitative estimate of drug-likeness (QED) is 0.787. The normalized spacial score (nSPS) is 18.9. The van der Waals surface area contributed by atoms with E-state index in [4.69, 9.17) is 4.74 Å². The molecule has 1 heterocycles. The Balaban J connectivity index is 2.43. The lowest BCUT2D eigenvalue weighted by Crippen LogP contribution is -2.45. The number of carbonyl (C=O) groups excluding carboxylic acids is 3. The topological polar surface area (TPSA) is 63.7 Å². The van der Waals surface area contributed by atoms with E-state index in [2.05, 4.69) is 0 Å². The highest BCUT2D eigenvalue weighted by atomic mass is 16.5. The van der Waals surface area contributed by atoms with Crippen molar-refractivity contribution in [3.8, 4) is 5.75 Å². The van der Waals surface area contributed by atoms with E-state index in [9.17, 15) is 14.4 Å². The number of ether oxygens (including phenoxy) is 1. The highest BCUT2D eigenvalue weighted by Crippen LogP contribution is 2.28. The van der Waals surface area contributed by atoms with Crippen LogP contribution >= 0.6 is 0 Å². The first-order valence-corrected chi connectivity index (χ1v) is 6.16. The molecule has 1 aliphatic rings. The SMILES string of the molecule is COc1ccc(N2C(=O)C(C(C)=O)C(=O)C=C2C)cc1. The van der Waals surface area contributed by atoms with Crippen LogP contribution in [0.15, 0.2) is 36.0 Å². The van der Waals surface area contributed by atoms with E-state index in [0.29, 0.717) is 17.1 Å². The molecule has 0 spiro atoms. The molecule has 1 amide bonds. The maximum Gasteiger partial charge on any atom is 0.249 e. The van der Waals surface area contributed by atoms with E-state index >= 15 is 0 Å². The summed E-state index contributed by atoms with van der Waals surface area (Å²) >= 11 is 0. The first-order chi connectivity index (χ1) is 9.45. The molecule has 5 nitrogen and oxygen atoms in total. The molecule has 0 fully saturated rings. The van der Waals surface area contributed by atoms with Crippen LogP contribution in [0.5, 0.6) is 5.75 Å². The van der Waals surface area contributed by atoms with Crippen molar-refractivity contribution in [2.75, 3.05) is 12.0 Å². The molecule has 0 saturated carbocycles. The van der Waals surface area contributed by atoms with Gasteiger partial charge >= 0.3 is 0 Å². The number of amides is 1. The number of benzene rings is 1. The molecular formula is C15H15NO4. The Kier molecular flexibility index (Phi) is 3.70. The van der Waals surface area contributed by atoms with Gasteiger partial charge in [-0.2, -0.15) is 0 Å². The average Bonchev–Trinajstić information content (AvgIpc) is 2.38. The van der Waals surface area contributed by atoms with Crippen LogP contribution in [0.2, 0.25) is 0 Å². The first kappa shape index (κ1) is 14.0. The summed E-state index contributed by atoms with van der Waals surface area (Å²) in [5.41, 5.74) is 1.10. The number of anilines is 1. The summed E-state index contributed by atoms with van der Waals surface area (Å²) in [4.78, 5) is 37.0. The van der Waals surface area contributed by atoms with Gasteiger partial charge in [0, 0.05) is 17.5 Å². The zero-order chi connectivity index (χ0) is 14.9. The summed E-state index contributed by atoms with van der Waals surface area (Å²) in [7, 11) is 1.55. The van der Waals surface area contributed by atoms with Gasteiger partial charge in [-0.05, 0) is 38.1 Å². The molecule has 0 aromatic heterocycles. The number of nitrogens with zero attached hydrogens (tertiary/aromatic N) is 1. The van der Waals surface area contributed by atoms with Crippen LogP contribution < -0.4 is 9.64 Å². The second-order valence-corrected chi connectivity index (χ2v) is 4.60. The van der Waals surface area contributed by atoms with Crippen LogP contribution in [0.1, 0.15) is 13.8 Å². The summed E-state index contributed by atoms with van der Waals surface area (Å²) in [5.74, 6) is -1.97. The van der Waals surface area contributed by atoms with Gasteiger partial charge in [0.1, 0.15) is 11.5 Å². The minimum absolute atomic E-state index is 0.442. The Labute approximate surface area is 116 Å². The molecule has 1 unspecified atom stereocenters. The van der Waals surface area contributed by atoms with E-state index in [1.807, 2.05) is 0 Å². The fourth-order valence-corrected chi connectivity index (χ4v) is 2.21. The Hall–Kier alpha value is -2.43. The molecule has 5 heteroatoms. The van der Waals surface area contributed by atoms with Crippen molar-refractivity contribution in [1.29, 1.82) is 0 Å². The molecule has 0 radical (unpaired) electrons. The van der Waals surface area contributed by atoms with E-state index in [1.165, 1.54) is 17.9 Å². The lowest BCUT2D eigenvalue weighted by atomic mass is 9.93. The minimum atomic E-state index is -1.24. The first-order valence-electron chi connectivity index (χ1n) is 6.16. The van der Waals surface area contributed by atoms with Gasteiger partial charge in [0.2, 0.25) is 5.91 Å². The van der Waals surface area contributed by atoms with Crippen LogP contribution in [0.3, 0.4) is 0 Å². The predicted molar refractivity (Wildman–Crippen MR) is 73.4 cm³/mol. The Morgan fingerprint density at radius 1 is 1.20 bits per heavy atom. The van der Waals surface area contributed by atoms with Crippen LogP contribution in [0, 0.1) is 5.92 Å². The van der Waals surface area contributed by atoms with Crippen molar-refractivity contribution in [3.63, 3.8) is 0 Å². The van der Waals surface area contributed by atoms with Crippen molar-refractivity contribution < 1.29 is 19.1 Å². The van der Waals surface area contributed by atoms with E-state index in [1.54, 1.807) is 38.3 Å². The summed E-state index contributed by atoms with van der Waals surface area (Å²) < 4.78 is 5.06. The van der Waals surface area contributed by atoms with Crippen molar-refractivity contribution >= 4 is 23.2 Å². The molecule has 2 rings (SSSR count). The third-order valence-corrected chi connectivity index (χ3v) is 3.19. The smallest absolute Gasteiger partial charge is 0.249 e. The summed E-state index contributed by atoms with van der Waals surface area (Å²) in [6.07, 6.45) is 1.33. The number of rotatable bonds is 3. The molecule has 0 bridgehead atoms. The number of hydrogen-bond donors (Lipinski definition) is 0. The minimum Gasteiger partial charge on any atom is -0.497 e. The maximum atomic E-state index is 12.4. The van der Waals surface area contributed by atoms with Crippen molar-refractivity contribution in [1.82, 2.24) is 0 Å². The van der Waals surface area contributed by atoms with Crippen LogP contribution in [-0.2, 0) is 14.4 Å². The molecule has 1 aliphatic heterocycles. The van der Waals surface area contributed by atoms with Gasteiger partial charge in [0.15, 0.2) is 11.7 Å². The lowest BCUT2D eigenvalue weighted by molar-refractivity contribution is -0.137. The number of allylic oxidation sites excluding steroid dienone is 2. The Morgan fingerprint density at radius 2 is 1.80 bits per heavy atom. The van der Waals surface area contributed by atoms with Crippen molar-refractivity contribution in [3.05, 3.63) is 36.0 Å². The number of methoxy groups -OCH3 is 1. The van der Waals surface area contributed by atoms with E-state index in [0.717, 1.165) is 0 Å². The fraction of sp³-hybridized carbons (Fsp3) is 0.267. The van der Waals surface area contributed by atoms with Crippen LogP contribution in [0.25, 0.3) is 0 Å². The highest BCUT2D eigenvalue weighted by Gasteiger charge is 2.38. The third-order valence-electron chi connectivity index (χ3n) is 3.19. The second-order valence-electron chi connectivity index (χ2n) is 4.60. The molecule has 1 atom stereocenters. The van der Waals surface area contributed by atoms with Gasteiger partial charge in [-0.15, -0.1) is 0 Å². The summed E-state index contributed by atoms with van der Waals surface area (Å²) in [6.45, 7) is 2.91. The molecule has 0 aliphatic carbocycles. The van der Waals surface area contributed by atoms with Gasteiger partial charge in [-0.3, -0.25) is 19.3 Å². The molecule has 104 valence electrons. The Morgan fingerprint density at radius 3 is 2.30 bits per heavy atom. The number of carbonyl (C=O) groups is 3. The maximum absolute atomic E-state index is 12.4. The molecular weight excluding hydrogens is 258 g/mol. The average molecular weight is 273 g/mol. The standard InChI is InChI=1S/C15H15NO4/c1-9-8-13(18)14(10(2)17)15(19)16(9)11-4-6-12(20-3)7-5-11/h4-8,14H,1-3H3. The number of ketones is 2. The number of hydrogen-bond acceptors (Lipinski definition) is 4. The molecule has 20 heavy (non-hydrogen) atoms. The van der Waals surface area contributed by atoms with Gasteiger partial charge < -0.3 is 4.74 Å². The molecule has 1 aromatic rings. The predicted octanol–water partition coefficient (Wildman–Crippen LogP) is 1.72. The van der Waals surface area contributed by atoms with Gasteiger partial charge in [-0.1, -0.05) is 0 Å². The Bertz CT molecular complexity index is 601. The molecule has 0 saturated heterocycles. The highest BCUT2D eigenvalue weighted by molar-refractivity contribution is 6.27. The zero-order valence-electron chi connectivity index (χ0n) is 11.5. The third kappa shape index (κ3) is 2.34. The van der Waals surface area contributed by atoms with E-state index in [-0.39, 0.29) is 0 Å². The van der Waals surface area contributed by atoms with Gasteiger partial charge in [-0.25, -0.2) is 0 Å². The number of Topliss-reactive ketones (excluding diaryl/α,β-unsaturated/α-hetero) is 1. The monoisotopic (exact) mass is 273 g/mol. The van der Waals surface area contributed by atoms with Crippen LogP contribution in [0.4, 0.5) is 5.69 Å². The van der Waals surface area contributed by atoms with Crippen molar-refractivity contribution in [2.45, 2.75) is 13.8 Å². The largest absolute Gasteiger partial charge is 0.497 e. The van der Waals surface area contributed by atoms with Gasteiger partial charge in [0.25, 0.3) is 0 Å². The zero-order valence-corrected chi connectivity index (χ0v) is 11.5. The fourth-order valence-electron chi connectivity index (χ4n) is 2.21. The molecule has 0 N–H and O–H groups in total. The molecule has 1 aromatic carbocycles. The second kappa shape index (κ2) is 5.28. The summed E-state index contributed by atoms with van der Waals surface area (Å²) in [6, 6.07) is 6.85. The summed E-state index contributed by atoms with van der Waals surface area (Å²) in [5, 5.41) is 0. The lowest BCUT2D eigenvalue weighted by Gasteiger charge is -2.29.